The van der Waals surface area contributed by atoms with Crippen LogP contribution in [0, 0.1) is 6.92 Å². The van der Waals surface area contributed by atoms with Gasteiger partial charge in [0.1, 0.15) is 5.75 Å². The zero-order chi connectivity index (χ0) is 7.56. The molecule has 53 valence electrons. The fourth-order valence-corrected chi connectivity index (χ4v) is 0.722. The number of nitrogens with two attached hydrogens (primary N) is 1. The van der Waals surface area contributed by atoms with Gasteiger partial charge in [-0.1, -0.05) is 12.1 Å². The SMILES string of the molecule is [CH2]C(N)c1ccc(O)cc1. The van der Waals surface area contributed by atoms with Gasteiger partial charge in [0.15, 0.2) is 0 Å². The summed E-state index contributed by atoms with van der Waals surface area (Å²) in [6, 6.07) is 6.50. The summed E-state index contributed by atoms with van der Waals surface area (Å²) in [4.78, 5) is 0. The van der Waals surface area contributed by atoms with Gasteiger partial charge in [0.05, 0.1) is 0 Å². The average molecular weight is 136 g/mol. The van der Waals surface area contributed by atoms with Gasteiger partial charge < -0.3 is 10.8 Å². The molecule has 10 heavy (non-hydrogen) atoms. The van der Waals surface area contributed by atoms with E-state index in [0.29, 0.717) is 0 Å². The molecule has 2 heteroatoms. The number of aromatic hydroxyl groups is 1. The quantitative estimate of drug-likeness (QED) is 0.609. The van der Waals surface area contributed by atoms with E-state index < -0.39 is 0 Å². The Bertz CT molecular complexity index is 203. The van der Waals surface area contributed by atoms with Crippen molar-refractivity contribution in [3.8, 4) is 5.75 Å². The molecule has 0 aliphatic carbocycles. The lowest BCUT2D eigenvalue weighted by atomic mass is 10.1. The van der Waals surface area contributed by atoms with Crippen molar-refractivity contribution >= 4 is 0 Å². The molecule has 0 aromatic heterocycles. The Morgan fingerprint density at radius 1 is 1.30 bits per heavy atom. The molecule has 0 aliphatic rings. The Balaban J connectivity index is 2.89. The molecule has 2 nitrogen and oxygen atoms in total. The normalized spacial score (nSPS) is 13.0. The molecule has 0 spiro atoms. The van der Waals surface area contributed by atoms with E-state index in [1.54, 1.807) is 24.3 Å². The van der Waals surface area contributed by atoms with Gasteiger partial charge in [0.25, 0.3) is 0 Å². The van der Waals surface area contributed by atoms with Crippen LogP contribution < -0.4 is 5.73 Å². The Morgan fingerprint density at radius 2 is 1.80 bits per heavy atom. The number of phenols is 1. The van der Waals surface area contributed by atoms with Gasteiger partial charge in [-0.15, -0.1) is 0 Å². The van der Waals surface area contributed by atoms with Gasteiger partial charge in [0, 0.05) is 6.04 Å². The lowest BCUT2D eigenvalue weighted by Crippen LogP contribution is -2.04. The third kappa shape index (κ3) is 1.48. The Kier molecular flexibility index (Phi) is 1.92. The van der Waals surface area contributed by atoms with E-state index in [9.17, 15) is 0 Å². The molecule has 1 aromatic rings. The van der Waals surface area contributed by atoms with E-state index in [1.165, 1.54) is 0 Å². The summed E-state index contributed by atoms with van der Waals surface area (Å²) in [6.45, 7) is 3.63. The maximum absolute atomic E-state index is 8.88. The van der Waals surface area contributed by atoms with Crippen molar-refractivity contribution in [3.63, 3.8) is 0 Å². The van der Waals surface area contributed by atoms with E-state index in [0.717, 1.165) is 5.56 Å². The average Bonchev–Trinajstić information content (AvgIpc) is 1.88. The first kappa shape index (κ1) is 7.09. The number of hydrogen-bond acceptors (Lipinski definition) is 2. The topological polar surface area (TPSA) is 46.2 Å². The minimum atomic E-state index is -0.208. The number of benzene rings is 1. The van der Waals surface area contributed by atoms with Crippen molar-refractivity contribution in [2.24, 2.45) is 5.73 Å². The first-order chi connectivity index (χ1) is 4.70. The maximum atomic E-state index is 8.88. The first-order valence-electron chi connectivity index (χ1n) is 3.08. The third-order valence-corrected chi connectivity index (χ3v) is 1.32. The smallest absolute Gasteiger partial charge is 0.115 e. The molecule has 3 N–H and O–H groups in total. The minimum Gasteiger partial charge on any atom is -0.508 e. The highest BCUT2D eigenvalue weighted by Crippen LogP contribution is 2.13. The molecule has 0 fully saturated rings. The van der Waals surface area contributed by atoms with Gasteiger partial charge in [-0.3, -0.25) is 0 Å². The van der Waals surface area contributed by atoms with Crippen LogP contribution in [-0.4, -0.2) is 5.11 Å². The molecule has 0 heterocycles. The second-order valence-electron chi connectivity index (χ2n) is 2.20. The summed E-state index contributed by atoms with van der Waals surface area (Å²) in [5.41, 5.74) is 6.40. The second-order valence-corrected chi connectivity index (χ2v) is 2.20. The molecule has 1 rings (SSSR count). The van der Waals surface area contributed by atoms with Crippen LogP contribution in [0.1, 0.15) is 11.6 Å². The summed E-state index contributed by atoms with van der Waals surface area (Å²) < 4.78 is 0. The number of hydrogen-bond donors (Lipinski definition) is 2. The monoisotopic (exact) mass is 136 g/mol. The highest BCUT2D eigenvalue weighted by molar-refractivity contribution is 5.28. The summed E-state index contributed by atoms with van der Waals surface area (Å²) >= 11 is 0. The molecular weight excluding hydrogens is 126 g/mol. The van der Waals surface area contributed by atoms with Crippen molar-refractivity contribution in [2.45, 2.75) is 6.04 Å². The fraction of sp³-hybridized carbons (Fsp3) is 0.125. The molecule has 1 unspecified atom stereocenters. The van der Waals surface area contributed by atoms with E-state index in [4.69, 9.17) is 10.8 Å². The summed E-state index contributed by atoms with van der Waals surface area (Å²) in [5, 5.41) is 8.88. The Morgan fingerprint density at radius 3 is 2.20 bits per heavy atom. The minimum absolute atomic E-state index is 0.208. The van der Waals surface area contributed by atoms with Crippen LogP contribution in [-0.2, 0) is 0 Å². The molecule has 1 aromatic carbocycles. The van der Waals surface area contributed by atoms with E-state index in [-0.39, 0.29) is 11.8 Å². The van der Waals surface area contributed by atoms with Gasteiger partial charge >= 0.3 is 0 Å². The zero-order valence-electron chi connectivity index (χ0n) is 5.62. The number of phenolic OH excluding ortho intramolecular Hbond substituents is 1. The summed E-state index contributed by atoms with van der Waals surface area (Å²) in [7, 11) is 0. The Labute approximate surface area is 60.3 Å². The molecule has 0 saturated heterocycles. The first-order valence-corrected chi connectivity index (χ1v) is 3.08. The highest BCUT2D eigenvalue weighted by atomic mass is 16.3. The molecule has 1 radical (unpaired) electrons. The third-order valence-electron chi connectivity index (χ3n) is 1.32. The molecule has 0 amide bonds. The zero-order valence-corrected chi connectivity index (χ0v) is 5.62. The number of rotatable bonds is 1. The van der Waals surface area contributed by atoms with Crippen LogP contribution in [0.15, 0.2) is 24.3 Å². The Hall–Kier alpha value is -1.02. The predicted molar refractivity (Wildman–Crippen MR) is 40.4 cm³/mol. The van der Waals surface area contributed by atoms with Gasteiger partial charge in [0.2, 0.25) is 0 Å². The summed E-state index contributed by atoms with van der Waals surface area (Å²) in [5.74, 6) is 0.254. The van der Waals surface area contributed by atoms with Crippen molar-refractivity contribution in [3.05, 3.63) is 36.8 Å². The maximum Gasteiger partial charge on any atom is 0.115 e. The van der Waals surface area contributed by atoms with Gasteiger partial charge in [-0.2, -0.15) is 0 Å². The molecular formula is C8H10NO. The van der Waals surface area contributed by atoms with E-state index in [1.807, 2.05) is 0 Å². The lowest BCUT2D eigenvalue weighted by molar-refractivity contribution is 0.475. The van der Waals surface area contributed by atoms with Crippen LogP contribution in [0.4, 0.5) is 0 Å². The molecule has 0 bridgehead atoms. The predicted octanol–water partition coefficient (Wildman–Crippen LogP) is 1.23. The van der Waals surface area contributed by atoms with Crippen LogP contribution >= 0.6 is 0 Å². The van der Waals surface area contributed by atoms with Gasteiger partial charge in [-0.25, -0.2) is 0 Å². The van der Waals surface area contributed by atoms with Crippen molar-refractivity contribution in [1.29, 1.82) is 0 Å². The molecule has 0 saturated carbocycles. The van der Waals surface area contributed by atoms with Crippen molar-refractivity contribution in [1.82, 2.24) is 0 Å². The lowest BCUT2D eigenvalue weighted by Gasteiger charge is -2.03. The van der Waals surface area contributed by atoms with Crippen LogP contribution in [0.25, 0.3) is 0 Å². The van der Waals surface area contributed by atoms with Crippen molar-refractivity contribution < 1.29 is 5.11 Å². The molecule has 0 aliphatic heterocycles. The fourth-order valence-electron chi connectivity index (χ4n) is 0.722. The van der Waals surface area contributed by atoms with E-state index >= 15 is 0 Å². The second kappa shape index (κ2) is 2.71. The van der Waals surface area contributed by atoms with E-state index in [2.05, 4.69) is 6.92 Å². The van der Waals surface area contributed by atoms with Crippen LogP contribution in [0.2, 0.25) is 0 Å². The van der Waals surface area contributed by atoms with Crippen LogP contribution in [0.3, 0.4) is 0 Å². The van der Waals surface area contributed by atoms with Crippen LogP contribution in [0.5, 0.6) is 5.75 Å². The standard InChI is InChI=1S/C8H10NO/c1-6(9)7-2-4-8(10)5-3-7/h2-6,10H,1,9H2. The van der Waals surface area contributed by atoms with Crippen molar-refractivity contribution in [2.75, 3.05) is 0 Å². The summed E-state index contributed by atoms with van der Waals surface area (Å²) in [6.07, 6.45) is 0. The van der Waals surface area contributed by atoms with Gasteiger partial charge in [-0.05, 0) is 24.6 Å². The highest BCUT2D eigenvalue weighted by Gasteiger charge is 1.96. The largest absolute Gasteiger partial charge is 0.508 e. The molecule has 1 atom stereocenters.